The SMILES string of the molecule is CC(C(=O)O)(c1ccc(F)c(CC2=C(Cc3cc(C(C)(C(=O)O)[C@H]4CCNC4)ccc3F)C([C@@H]3COc4ccc(C[C@H](C(=O)O)[C@H]5CCNC5)cc43)=CC=CN2)c1)[C@H]1CCNC1. The molecule has 0 spiro atoms. The van der Waals surface area contributed by atoms with Crippen LogP contribution in [0.4, 0.5) is 8.78 Å². The first-order valence-corrected chi connectivity index (χ1v) is 21.8. The second-order valence-corrected chi connectivity index (χ2v) is 18.1. The van der Waals surface area contributed by atoms with Crippen LogP contribution in [0.3, 0.4) is 0 Å². The van der Waals surface area contributed by atoms with Gasteiger partial charge in [-0.3, -0.25) is 14.4 Å². The lowest BCUT2D eigenvalue weighted by atomic mass is 9.70. The highest BCUT2D eigenvalue weighted by Crippen LogP contribution is 2.45. The molecule has 328 valence electrons. The van der Waals surface area contributed by atoms with E-state index in [9.17, 15) is 29.7 Å². The number of fused-ring (bicyclic) bond motifs is 1. The zero-order valence-electron chi connectivity index (χ0n) is 35.2. The van der Waals surface area contributed by atoms with E-state index in [0.29, 0.717) is 80.1 Å². The second kappa shape index (κ2) is 17.8. The number of aliphatic carboxylic acids is 3. The molecule has 11 nitrogen and oxygen atoms in total. The van der Waals surface area contributed by atoms with Crippen LogP contribution >= 0.6 is 0 Å². The summed E-state index contributed by atoms with van der Waals surface area (Å²) in [4.78, 5) is 38.5. The third kappa shape index (κ3) is 8.18. The van der Waals surface area contributed by atoms with Crippen molar-refractivity contribution in [2.45, 2.75) is 69.1 Å². The van der Waals surface area contributed by atoms with Gasteiger partial charge in [-0.25, -0.2) is 8.78 Å². The van der Waals surface area contributed by atoms with Gasteiger partial charge in [-0.05, 0) is 160 Å². The molecule has 5 aliphatic rings. The van der Waals surface area contributed by atoms with Crippen molar-refractivity contribution in [2.75, 3.05) is 45.9 Å². The minimum atomic E-state index is -1.29. The van der Waals surface area contributed by atoms with E-state index in [0.717, 1.165) is 29.7 Å². The summed E-state index contributed by atoms with van der Waals surface area (Å²) in [6.45, 7) is 7.48. The minimum Gasteiger partial charge on any atom is -0.492 e. The average Bonchev–Trinajstić information content (AvgIpc) is 4.11. The van der Waals surface area contributed by atoms with Gasteiger partial charge in [0.2, 0.25) is 0 Å². The van der Waals surface area contributed by atoms with E-state index in [2.05, 4.69) is 21.3 Å². The molecule has 7 atom stereocenters. The Labute approximate surface area is 360 Å². The normalized spacial score (nSPS) is 24.6. The van der Waals surface area contributed by atoms with Gasteiger partial charge in [0.05, 0.1) is 23.4 Å². The Morgan fingerprint density at radius 1 is 0.774 bits per heavy atom. The Morgan fingerprint density at radius 3 is 1.92 bits per heavy atom. The molecular weight excluding hydrogens is 795 g/mol. The number of benzene rings is 3. The number of carboxylic acid groups (broad SMARTS) is 3. The van der Waals surface area contributed by atoms with Crippen LogP contribution < -0.4 is 26.0 Å². The van der Waals surface area contributed by atoms with E-state index in [-0.39, 0.29) is 54.2 Å². The van der Waals surface area contributed by atoms with Crippen LogP contribution in [-0.2, 0) is 44.5 Å². The van der Waals surface area contributed by atoms with Gasteiger partial charge in [0.25, 0.3) is 0 Å². The van der Waals surface area contributed by atoms with Gasteiger partial charge in [0, 0.05) is 36.2 Å². The highest BCUT2D eigenvalue weighted by molar-refractivity contribution is 5.82. The number of rotatable bonds is 15. The number of halogens is 2. The summed E-state index contributed by atoms with van der Waals surface area (Å²) in [6.07, 6.45) is 7.97. The Morgan fingerprint density at radius 2 is 1.37 bits per heavy atom. The summed E-state index contributed by atoms with van der Waals surface area (Å²) in [5.74, 6) is -4.56. The first-order valence-electron chi connectivity index (χ1n) is 21.8. The molecule has 7 N–H and O–H groups in total. The zero-order valence-corrected chi connectivity index (χ0v) is 35.2. The van der Waals surface area contributed by atoms with Gasteiger partial charge >= 0.3 is 17.9 Å². The van der Waals surface area contributed by atoms with Crippen LogP contribution in [0, 0.1) is 35.3 Å². The van der Waals surface area contributed by atoms with Crippen LogP contribution in [0.5, 0.6) is 5.75 Å². The smallest absolute Gasteiger partial charge is 0.314 e. The fourth-order valence-corrected chi connectivity index (χ4v) is 10.5. The van der Waals surface area contributed by atoms with Gasteiger partial charge < -0.3 is 41.3 Å². The van der Waals surface area contributed by atoms with Crippen molar-refractivity contribution < 1.29 is 43.2 Å². The molecule has 0 radical (unpaired) electrons. The number of nitrogens with one attached hydrogen (secondary N) is 4. The summed E-state index contributed by atoms with van der Waals surface area (Å²) >= 11 is 0. The maximum atomic E-state index is 16.3. The lowest BCUT2D eigenvalue weighted by Gasteiger charge is -2.32. The van der Waals surface area contributed by atoms with Gasteiger partial charge in [-0.2, -0.15) is 0 Å². The first-order chi connectivity index (χ1) is 29.8. The zero-order chi connectivity index (χ0) is 43.8. The molecule has 62 heavy (non-hydrogen) atoms. The summed E-state index contributed by atoms with van der Waals surface area (Å²) in [6, 6.07) is 14.8. The third-order valence-corrected chi connectivity index (χ3v) is 14.7. The monoisotopic (exact) mass is 850 g/mol. The Hall–Kier alpha value is -5.37. The number of carboxylic acids is 3. The van der Waals surface area contributed by atoms with Crippen LogP contribution in [-0.4, -0.2) is 79.1 Å². The predicted octanol–water partition coefficient (Wildman–Crippen LogP) is 5.98. The molecule has 0 saturated carbocycles. The molecule has 5 heterocycles. The maximum absolute atomic E-state index is 16.3. The average molecular weight is 851 g/mol. The van der Waals surface area contributed by atoms with E-state index in [1.54, 1.807) is 44.3 Å². The third-order valence-electron chi connectivity index (χ3n) is 14.7. The van der Waals surface area contributed by atoms with E-state index < -0.39 is 46.3 Å². The van der Waals surface area contributed by atoms with Crippen LogP contribution in [0.2, 0.25) is 0 Å². The summed E-state index contributed by atoms with van der Waals surface area (Å²) < 4.78 is 38.7. The van der Waals surface area contributed by atoms with E-state index >= 15 is 8.78 Å². The molecule has 0 bridgehead atoms. The number of hydrogen-bond donors (Lipinski definition) is 7. The number of hydrogen-bond acceptors (Lipinski definition) is 8. The molecule has 5 aliphatic heterocycles. The maximum Gasteiger partial charge on any atom is 0.314 e. The van der Waals surface area contributed by atoms with Gasteiger partial charge in [-0.1, -0.05) is 42.5 Å². The van der Waals surface area contributed by atoms with Crippen LogP contribution in [0.1, 0.15) is 72.4 Å². The first kappa shape index (κ1) is 43.3. The van der Waals surface area contributed by atoms with Crippen molar-refractivity contribution in [1.82, 2.24) is 21.3 Å². The van der Waals surface area contributed by atoms with Crippen LogP contribution in [0.15, 0.2) is 89.8 Å². The van der Waals surface area contributed by atoms with Gasteiger partial charge in [-0.15, -0.1) is 0 Å². The fraction of sp³-hybridized carbons (Fsp3) is 0.449. The van der Waals surface area contributed by atoms with E-state index in [1.165, 1.54) is 12.1 Å². The molecule has 2 unspecified atom stereocenters. The number of allylic oxidation sites excluding steroid dienone is 4. The lowest BCUT2D eigenvalue weighted by Crippen LogP contribution is -2.41. The lowest BCUT2D eigenvalue weighted by molar-refractivity contribution is -0.146. The van der Waals surface area contributed by atoms with Crippen molar-refractivity contribution in [3.63, 3.8) is 0 Å². The molecule has 0 amide bonds. The Balaban J connectivity index is 1.22. The minimum absolute atomic E-state index is 0.00587. The highest BCUT2D eigenvalue weighted by atomic mass is 19.1. The molecule has 8 rings (SSSR count). The highest BCUT2D eigenvalue weighted by Gasteiger charge is 2.46. The second-order valence-electron chi connectivity index (χ2n) is 18.1. The van der Waals surface area contributed by atoms with Gasteiger partial charge in [0.1, 0.15) is 17.4 Å². The molecule has 3 aromatic carbocycles. The van der Waals surface area contributed by atoms with Crippen molar-refractivity contribution in [1.29, 1.82) is 0 Å². The molecule has 13 heteroatoms. The quantitative estimate of drug-likeness (QED) is 0.0961. The molecule has 3 saturated heterocycles. The van der Waals surface area contributed by atoms with E-state index in [4.69, 9.17) is 4.74 Å². The Bertz CT molecular complexity index is 2330. The summed E-state index contributed by atoms with van der Waals surface area (Å²) in [7, 11) is 0. The number of ether oxygens (including phenoxy) is 1. The van der Waals surface area contributed by atoms with Crippen molar-refractivity contribution in [3.05, 3.63) is 135 Å². The molecular formula is C49H56F2N4O7. The predicted molar refractivity (Wildman–Crippen MR) is 230 cm³/mol. The van der Waals surface area contributed by atoms with Gasteiger partial charge in [0.15, 0.2) is 0 Å². The fourth-order valence-electron chi connectivity index (χ4n) is 10.5. The molecule has 0 aliphatic carbocycles. The van der Waals surface area contributed by atoms with Crippen molar-refractivity contribution in [3.8, 4) is 5.75 Å². The molecule has 3 aromatic rings. The standard InChI is InChI=1S/C49H56F2N4O7/c1-48(46(58)59,34-12-16-53-25-34)32-6-8-41(50)30(20-32)22-38-36(40-27-62-44-10-5-28(19-39(40)44)18-37(45(56)57)29-11-15-52-24-29)4-3-14-55-43(38)23-31-21-33(7-9-42(31)51)49(2,47(60)61)35-13-17-54-26-35/h3-10,14,19-21,29,34-35,37,40,52-55H,11-13,15-18,22-27H2,1-2H3,(H,56,57)(H,58,59)(H,60,61)/t29-,34-,35-,37-,40-,48?,49?/m0/s1. The summed E-state index contributed by atoms with van der Waals surface area (Å²) in [5, 5.41) is 44.7. The number of carbonyl (C=O) groups is 3. The van der Waals surface area contributed by atoms with Crippen molar-refractivity contribution >= 4 is 17.9 Å². The Kier molecular flexibility index (Phi) is 12.4. The topological polar surface area (TPSA) is 169 Å². The largest absolute Gasteiger partial charge is 0.492 e. The summed E-state index contributed by atoms with van der Waals surface area (Å²) in [5.41, 5.74) is 2.65. The van der Waals surface area contributed by atoms with Crippen molar-refractivity contribution in [2.24, 2.45) is 23.7 Å². The van der Waals surface area contributed by atoms with E-state index in [1.807, 2.05) is 30.4 Å². The van der Waals surface area contributed by atoms with Crippen LogP contribution in [0.25, 0.3) is 0 Å². The molecule has 3 fully saturated rings. The molecule has 0 aromatic heterocycles.